The Hall–Kier alpha value is -2.78. The Morgan fingerprint density at radius 3 is 2.84 bits per heavy atom. The third kappa shape index (κ3) is 3.52. The number of aliphatic hydroxyl groups is 1. The first-order valence-electron chi connectivity index (χ1n) is 8.09. The van der Waals surface area contributed by atoms with Crippen LogP contribution in [0.15, 0.2) is 40.8 Å². The standard InChI is InChI=1S/C19H20N2O4/c1-19(2)12-21(10-17(19)22)18(23)16-8-7-14(25-16)11-24-15-6-4-3-5-13(15)9-20/h3-8,17,22H,10-12H2,1-2H3. The number of amides is 1. The largest absolute Gasteiger partial charge is 0.484 e. The number of carbonyl (C=O) groups excluding carboxylic acids is 1. The lowest BCUT2D eigenvalue weighted by molar-refractivity contribution is 0.0728. The van der Waals surface area contributed by atoms with Crippen LogP contribution >= 0.6 is 0 Å². The summed E-state index contributed by atoms with van der Waals surface area (Å²) in [7, 11) is 0. The molecule has 6 nitrogen and oxygen atoms in total. The van der Waals surface area contributed by atoms with Gasteiger partial charge in [-0.3, -0.25) is 4.79 Å². The fourth-order valence-corrected chi connectivity index (χ4v) is 2.83. The van der Waals surface area contributed by atoms with Gasteiger partial charge in [0.05, 0.1) is 11.7 Å². The number of nitrogens with zero attached hydrogens (tertiary/aromatic N) is 2. The Kier molecular flexibility index (Phi) is 4.51. The Morgan fingerprint density at radius 2 is 2.16 bits per heavy atom. The van der Waals surface area contributed by atoms with E-state index < -0.39 is 6.10 Å². The second-order valence-electron chi connectivity index (χ2n) is 6.85. The third-order valence-electron chi connectivity index (χ3n) is 4.43. The first-order chi connectivity index (χ1) is 11.9. The molecule has 0 spiro atoms. The van der Waals surface area contributed by atoms with Crippen LogP contribution in [0.5, 0.6) is 5.75 Å². The van der Waals surface area contributed by atoms with Crippen molar-refractivity contribution in [1.82, 2.24) is 4.90 Å². The number of likely N-dealkylation sites (tertiary alicyclic amines) is 1. The number of hydrogen-bond acceptors (Lipinski definition) is 5. The molecule has 1 aromatic carbocycles. The number of β-amino-alcohol motifs (C(OH)–C–C–N with tert-alkyl or cyclic N) is 1. The lowest BCUT2D eigenvalue weighted by Crippen LogP contribution is -2.29. The average molecular weight is 340 g/mol. The van der Waals surface area contributed by atoms with Crippen molar-refractivity contribution in [3.05, 3.63) is 53.5 Å². The first kappa shape index (κ1) is 17.1. The molecule has 1 N–H and O–H groups in total. The molecule has 0 bridgehead atoms. The number of nitriles is 1. The zero-order valence-corrected chi connectivity index (χ0v) is 14.2. The molecular weight excluding hydrogens is 320 g/mol. The smallest absolute Gasteiger partial charge is 0.289 e. The van der Waals surface area contributed by atoms with Crippen molar-refractivity contribution in [2.24, 2.45) is 5.41 Å². The molecule has 1 unspecified atom stereocenters. The summed E-state index contributed by atoms with van der Waals surface area (Å²) in [6, 6.07) is 12.3. The minimum absolute atomic E-state index is 0.125. The number of carbonyl (C=O) groups is 1. The molecule has 1 saturated heterocycles. The minimum atomic E-state index is -0.545. The van der Waals surface area contributed by atoms with E-state index in [0.717, 1.165) is 0 Å². The van der Waals surface area contributed by atoms with Crippen LogP contribution in [0.1, 0.15) is 35.7 Å². The van der Waals surface area contributed by atoms with Gasteiger partial charge in [-0.15, -0.1) is 0 Å². The van der Waals surface area contributed by atoms with Crippen molar-refractivity contribution in [1.29, 1.82) is 5.26 Å². The maximum atomic E-state index is 12.5. The third-order valence-corrected chi connectivity index (χ3v) is 4.43. The fourth-order valence-electron chi connectivity index (χ4n) is 2.83. The molecule has 2 heterocycles. The number of para-hydroxylation sites is 1. The van der Waals surface area contributed by atoms with Crippen LogP contribution in [-0.2, 0) is 6.61 Å². The van der Waals surface area contributed by atoms with Crippen molar-refractivity contribution in [3.63, 3.8) is 0 Å². The highest BCUT2D eigenvalue weighted by Gasteiger charge is 2.41. The quantitative estimate of drug-likeness (QED) is 0.924. The summed E-state index contributed by atoms with van der Waals surface area (Å²) < 4.78 is 11.2. The van der Waals surface area contributed by atoms with E-state index in [2.05, 4.69) is 6.07 Å². The molecule has 1 aliphatic rings. The zero-order chi connectivity index (χ0) is 18.0. The van der Waals surface area contributed by atoms with Crippen molar-refractivity contribution in [3.8, 4) is 11.8 Å². The molecule has 6 heteroatoms. The second kappa shape index (κ2) is 6.61. The maximum Gasteiger partial charge on any atom is 0.289 e. The van der Waals surface area contributed by atoms with Gasteiger partial charge >= 0.3 is 0 Å². The summed E-state index contributed by atoms with van der Waals surface area (Å²) in [4.78, 5) is 14.1. The summed E-state index contributed by atoms with van der Waals surface area (Å²) in [5.74, 6) is 0.944. The molecule has 1 aliphatic heterocycles. The second-order valence-corrected chi connectivity index (χ2v) is 6.85. The van der Waals surface area contributed by atoms with Crippen molar-refractivity contribution in [2.75, 3.05) is 13.1 Å². The van der Waals surface area contributed by atoms with Crippen molar-refractivity contribution in [2.45, 2.75) is 26.6 Å². The van der Waals surface area contributed by atoms with Gasteiger partial charge in [-0.1, -0.05) is 26.0 Å². The molecule has 0 aliphatic carbocycles. The molecule has 1 atom stereocenters. The van der Waals surface area contributed by atoms with Gasteiger partial charge in [-0.2, -0.15) is 5.26 Å². The molecule has 0 saturated carbocycles. The minimum Gasteiger partial charge on any atom is -0.484 e. The van der Waals surface area contributed by atoms with Gasteiger partial charge in [0.2, 0.25) is 0 Å². The van der Waals surface area contributed by atoms with Crippen LogP contribution in [-0.4, -0.2) is 35.1 Å². The molecule has 25 heavy (non-hydrogen) atoms. The summed E-state index contributed by atoms with van der Waals surface area (Å²) in [5.41, 5.74) is 0.119. The first-order valence-corrected chi connectivity index (χ1v) is 8.09. The summed E-state index contributed by atoms with van der Waals surface area (Å²) in [6.45, 7) is 4.76. The van der Waals surface area contributed by atoms with E-state index in [1.807, 2.05) is 13.8 Å². The lowest BCUT2D eigenvalue weighted by atomic mass is 9.90. The number of furan rings is 1. The van der Waals surface area contributed by atoms with E-state index in [-0.39, 0.29) is 23.7 Å². The SMILES string of the molecule is CC1(C)CN(C(=O)c2ccc(COc3ccccc3C#N)o2)CC1O. The van der Waals surface area contributed by atoms with E-state index in [9.17, 15) is 9.90 Å². The van der Waals surface area contributed by atoms with Gasteiger partial charge in [-0.25, -0.2) is 0 Å². The van der Waals surface area contributed by atoms with Crippen LogP contribution in [0.2, 0.25) is 0 Å². The van der Waals surface area contributed by atoms with E-state index in [4.69, 9.17) is 14.4 Å². The molecular formula is C19H20N2O4. The highest BCUT2D eigenvalue weighted by molar-refractivity contribution is 5.91. The fraction of sp³-hybridized carbons (Fsp3) is 0.368. The van der Waals surface area contributed by atoms with Crippen LogP contribution in [0.4, 0.5) is 0 Å². The predicted octanol–water partition coefficient (Wildman–Crippen LogP) is 2.57. The Balaban J connectivity index is 1.65. The van der Waals surface area contributed by atoms with E-state index >= 15 is 0 Å². The maximum absolute atomic E-state index is 12.5. The number of hydrogen-bond donors (Lipinski definition) is 1. The Bertz CT molecular complexity index is 819. The van der Waals surface area contributed by atoms with Crippen LogP contribution in [0.25, 0.3) is 0 Å². The molecule has 1 aromatic heterocycles. The molecule has 1 amide bonds. The Labute approximate surface area is 146 Å². The highest BCUT2D eigenvalue weighted by atomic mass is 16.5. The lowest BCUT2D eigenvalue weighted by Gasteiger charge is -2.20. The zero-order valence-electron chi connectivity index (χ0n) is 14.2. The van der Waals surface area contributed by atoms with Gasteiger partial charge < -0.3 is 19.2 Å². The summed E-state index contributed by atoms with van der Waals surface area (Å²) in [5, 5.41) is 19.1. The summed E-state index contributed by atoms with van der Waals surface area (Å²) >= 11 is 0. The molecule has 3 rings (SSSR count). The number of rotatable bonds is 4. The van der Waals surface area contributed by atoms with Gasteiger partial charge in [0.15, 0.2) is 5.76 Å². The van der Waals surface area contributed by atoms with E-state index in [0.29, 0.717) is 30.2 Å². The van der Waals surface area contributed by atoms with Gasteiger partial charge in [0.1, 0.15) is 24.2 Å². The number of ether oxygens (including phenoxy) is 1. The van der Waals surface area contributed by atoms with Crippen molar-refractivity contribution >= 4 is 5.91 Å². The van der Waals surface area contributed by atoms with Gasteiger partial charge in [0, 0.05) is 18.5 Å². The molecule has 0 radical (unpaired) electrons. The van der Waals surface area contributed by atoms with Crippen LogP contribution in [0, 0.1) is 16.7 Å². The normalized spacial score (nSPS) is 18.8. The van der Waals surface area contributed by atoms with Crippen LogP contribution in [0.3, 0.4) is 0 Å². The van der Waals surface area contributed by atoms with Gasteiger partial charge in [0.25, 0.3) is 5.91 Å². The number of aliphatic hydroxyl groups excluding tert-OH is 1. The number of benzene rings is 1. The molecule has 1 fully saturated rings. The van der Waals surface area contributed by atoms with E-state index in [1.54, 1.807) is 41.3 Å². The van der Waals surface area contributed by atoms with E-state index in [1.165, 1.54) is 0 Å². The topological polar surface area (TPSA) is 86.7 Å². The average Bonchev–Trinajstić information content (AvgIpc) is 3.17. The van der Waals surface area contributed by atoms with Crippen molar-refractivity contribution < 1.29 is 19.1 Å². The Morgan fingerprint density at radius 1 is 1.40 bits per heavy atom. The highest BCUT2D eigenvalue weighted by Crippen LogP contribution is 2.30. The molecule has 2 aromatic rings. The monoisotopic (exact) mass is 340 g/mol. The van der Waals surface area contributed by atoms with Gasteiger partial charge in [-0.05, 0) is 24.3 Å². The molecule has 130 valence electrons. The predicted molar refractivity (Wildman–Crippen MR) is 89.9 cm³/mol. The van der Waals surface area contributed by atoms with Crippen LogP contribution < -0.4 is 4.74 Å². The summed E-state index contributed by atoms with van der Waals surface area (Å²) in [6.07, 6.45) is -0.545.